The molecule has 5 heteroatoms. The van der Waals surface area contributed by atoms with Crippen LogP contribution < -0.4 is 0 Å². The summed E-state index contributed by atoms with van der Waals surface area (Å²) < 4.78 is 5.67. The Hall–Kier alpha value is -1.04. The molecule has 4 saturated carbocycles. The summed E-state index contributed by atoms with van der Waals surface area (Å²) in [6.07, 6.45) is 7.46. The van der Waals surface area contributed by atoms with Gasteiger partial charge in [0.25, 0.3) is 0 Å². The number of hydrogen-bond acceptors (Lipinski definition) is 5. The molecule has 0 bridgehead atoms. The summed E-state index contributed by atoms with van der Waals surface area (Å²) in [4.78, 5) is 25.9. The van der Waals surface area contributed by atoms with Crippen LogP contribution in [-0.4, -0.2) is 46.2 Å². The molecule has 5 nitrogen and oxygen atoms in total. The topological polar surface area (TPSA) is 87.1 Å². The van der Waals surface area contributed by atoms with Crippen molar-refractivity contribution >= 4 is 12.1 Å². The van der Waals surface area contributed by atoms with Gasteiger partial charge in [-0.05, 0) is 87.9 Å². The van der Waals surface area contributed by atoms with Crippen molar-refractivity contribution in [3.8, 4) is 0 Å². The van der Waals surface area contributed by atoms with Gasteiger partial charge in [0.1, 0.15) is 24.3 Å². The Morgan fingerprint density at radius 2 is 1.69 bits per heavy atom. The minimum Gasteiger partial charge on any atom is -0.393 e. The molecule has 10 atom stereocenters. The Labute approximate surface area is 211 Å². The van der Waals surface area contributed by atoms with Crippen LogP contribution in [-0.2, 0) is 14.3 Å². The molecule has 2 N–H and O–H groups in total. The molecule has 0 aromatic carbocycles. The van der Waals surface area contributed by atoms with Crippen molar-refractivity contribution < 1.29 is 24.5 Å². The predicted octanol–water partition coefficient (Wildman–Crippen LogP) is 4.88. The van der Waals surface area contributed by atoms with Crippen LogP contribution in [0.5, 0.6) is 0 Å². The number of fused-ring (bicyclic) bond motifs is 5. The van der Waals surface area contributed by atoms with Crippen LogP contribution in [0.2, 0.25) is 0 Å². The number of aliphatic hydroxyl groups excluding tert-OH is 2. The molecular weight excluding hydrogens is 440 g/mol. The molecule has 5 fully saturated rings. The maximum Gasteiger partial charge on any atom is 0.138 e. The molecule has 5 rings (SSSR count). The zero-order chi connectivity index (χ0) is 25.8. The van der Waals surface area contributed by atoms with E-state index < -0.39 is 23.0 Å². The lowest BCUT2D eigenvalue weighted by Crippen LogP contribution is -2.68. The van der Waals surface area contributed by atoms with E-state index in [1.807, 2.05) is 33.8 Å². The molecule has 0 amide bonds. The maximum atomic E-state index is 13.0. The number of aldehydes is 1. The lowest BCUT2D eigenvalue weighted by Gasteiger charge is -2.69. The van der Waals surface area contributed by atoms with Crippen molar-refractivity contribution in [3.05, 3.63) is 11.6 Å². The number of carbonyl (C=O) groups excluding carboxylic acids is 2. The fraction of sp³-hybridized carbons (Fsp3) is 0.867. The first-order valence-electron chi connectivity index (χ1n) is 13.9. The quantitative estimate of drug-likeness (QED) is 0.336. The zero-order valence-corrected chi connectivity index (χ0v) is 22.8. The third kappa shape index (κ3) is 3.29. The van der Waals surface area contributed by atoms with Gasteiger partial charge >= 0.3 is 0 Å². The summed E-state index contributed by atoms with van der Waals surface area (Å²) in [6.45, 7) is 14.9. The van der Waals surface area contributed by atoms with Crippen molar-refractivity contribution in [2.24, 2.45) is 45.3 Å². The standard InChI is InChI=1S/C30H46O5/c1-17(14-21(33)25-27(4,5)35-25)18-8-11-28(6)19(18)15-20(32)24-29(28,7)12-9-22-26(2,3)23(34)10-13-30(22,24)16-31/h14,16,18-22,24-25,32-33H,8-13,15H2,1-7H3. The minimum absolute atomic E-state index is 0.00231. The molecular formula is C30H46O5. The van der Waals surface area contributed by atoms with E-state index >= 15 is 0 Å². The van der Waals surface area contributed by atoms with Gasteiger partial charge in [0, 0.05) is 23.2 Å². The molecule has 196 valence electrons. The fourth-order valence-corrected chi connectivity index (χ4v) is 10.1. The minimum atomic E-state index is -0.633. The lowest BCUT2D eigenvalue weighted by molar-refractivity contribution is -0.231. The highest BCUT2D eigenvalue weighted by Crippen LogP contribution is 2.75. The number of ketones is 1. The number of rotatable bonds is 4. The van der Waals surface area contributed by atoms with Crippen LogP contribution in [0.4, 0.5) is 0 Å². The number of epoxide rings is 1. The number of Topliss-reactive ketones (excluding diaryl/α,β-unsaturated/α-hetero) is 1. The Morgan fingerprint density at radius 1 is 1.06 bits per heavy atom. The molecule has 35 heavy (non-hydrogen) atoms. The summed E-state index contributed by atoms with van der Waals surface area (Å²) in [6, 6.07) is 0. The number of hydrogen-bond donors (Lipinski definition) is 2. The molecule has 0 radical (unpaired) electrons. The normalized spacial score (nSPS) is 51.1. The monoisotopic (exact) mass is 486 g/mol. The second kappa shape index (κ2) is 7.74. The molecule has 1 heterocycles. The summed E-state index contributed by atoms with van der Waals surface area (Å²) >= 11 is 0. The van der Waals surface area contributed by atoms with Gasteiger partial charge in [0.2, 0.25) is 0 Å². The van der Waals surface area contributed by atoms with Crippen molar-refractivity contribution in [1.82, 2.24) is 0 Å². The van der Waals surface area contributed by atoms with E-state index in [0.717, 1.165) is 32.0 Å². The molecule has 0 aromatic heterocycles. The molecule has 1 aliphatic heterocycles. The van der Waals surface area contributed by atoms with Crippen LogP contribution in [0.1, 0.15) is 93.4 Å². The van der Waals surface area contributed by atoms with E-state index in [9.17, 15) is 19.8 Å². The van der Waals surface area contributed by atoms with Crippen molar-refractivity contribution in [3.63, 3.8) is 0 Å². The van der Waals surface area contributed by atoms with E-state index in [4.69, 9.17) is 4.74 Å². The van der Waals surface area contributed by atoms with Gasteiger partial charge in [-0.15, -0.1) is 0 Å². The molecule has 1 saturated heterocycles. The van der Waals surface area contributed by atoms with Gasteiger partial charge in [-0.25, -0.2) is 0 Å². The van der Waals surface area contributed by atoms with E-state index in [2.05, 4.69) is 20.8 Å². The van der Waals surface area contributed by atoms with Gasteiger partial charge in [-0.1, -0.05) is 39.3 Å². The number of allylic oxidation sites excluding steroid dienone is 1. The second-order valence-electron chi connectivity index (χ2n) is 14.4. The van der Waals surface area contributed by atoms with E-state index in [1.54, 1.807) is 0 Å². The van der Waals surface area contributed by atoms with Crippen LogP contribution in [0.15, 0.2) is 11.6 Å². The predicted molar refractivity (Wildman–Crippen MR) is 135 cm³/mol. The number of aliphatic hydroxyl groups is 2. The maximum absolute atomic E-state index is 13.0. The first kappa shape index (κ1) is 25.6. The van der Waals surface area contributed by atoms with Gasteiger partial charge in [0.15, 0.2) is 0 Å². The largest absolute Gasteiger partial charge is 0.393 e. The first-order chi connectivity index (χ1) is 16.2. The SMILES string of the molecule is CC(=CC(O)C1OC1(C)C)C1CCC2(C)C1CC(O)C1C3(C=O)CCC(=O)C(C)(C)C3CCC12C. The lowest BCUT2D eigenvalue weighted by atomic mass is 9.35. The Balaban J connectivity index is 1.49. The van der Waals surface area contributed by atoms with Gasteiger partial charge < -0.3 is 19.7 Å². The third-order valence-corrected chi connectivity index (χ3v) is 12.3. The van der Waals surface area contributed by atoms with E-state index in [0.29, 0.717) is 31.1 Å². The van der Waals surface area contributed by atoms with E-state index in [-0.39, 0.29) is 40.2 Å². The summed E-state index contributed by atoms with van der Waals surface area (Å²) in [5.41, 5.74) is -0.382. The fourth-order valence-electron chi connectivity index (χ4n) is 10.1. The Morgan fingerprint density at radius 3 is 2.29 bits per heavy atom. The van der Waals surface area contributed by atoms with Crippen LogP contribution in [0.3, 0.4) is 0 Å². The van der Waals surface area contributed by atoms with Gasteiger partial charge in [0.05, 0.1) is 11.7 Å². The van der Waals surface area contributed by atoms with Crippen LogP contribution >= 0.6 is 0 Å². The smallest absolute Gasteiger partial charge is 0.138 e. The van der Waals surface area contributed by atoms with E-state index in [1.165, 1.54) is 5.57 Å². The number of carbonyl (C=O) groups is 2. The molecule has 4 aliphatic carbocycles. The molecule has 0 spiro atoms. The summed E-state index contributed by atoms with van der Waals surface area (Å²) in [5.74, 6) is 0.778. The Kier molecular flexibility index (Phi) is 5.66. The highest BCUT2D eigenvalue weighted by atomic mass is 16.6. The van der Waals surface area contributed by atoms with Crippen molar-refractivity contribution in [2.75, 3.05) is 0 Å². The van der Waals surface area contributed by atoms with Crippen LogP contribution in [0.25, 0.3) is 0 Å². The molecule has 5 aliphatic rings. The van der Waals surface area contributed by atoms with Gasteiger partial charge in [-0.2, -0.15) is 0 Å². The molecule has 10 unspecified atom stereocenters. The zero-order valence-electron chi connectivity index (χ0n) is 22.8. The Bertz CT molecular complexity index is 950. The van der Waals surface area contributed by atoms with Crippen molar-refractivity contribution in [2.45, 2.75) is 117 Å². The van der Waals surface area contributed by atoms with Crippen LogP contribution in [0, 0.1) is 45.3 Å². The summed E-state index contributed by atoms with van der Waals surface area (Å²) in [5, 5.41) is 22.6. The summed E-state index contributed by atoms with van der Waals surface area (Å²) in [7, 11) is 0. The number of ether oxygens (including phenoxy) is 1. The molecule has 0 aromatic rings. The highest BCUT2D eigenvalue weighted by Gasteiger charge is 2.72. The third-order valence-electron chi connectivity index (χ3n) is 12.3. The van der Waals surface area contributed by atoms with Crippen molar-refractivity contribution in [1.29, 1.82) is 0 Å². The van der Waals surface area contributed by atoms with Gasteiger partial charge in [-0.3, -0.25) is 4.79 Å². The highest BCUT2D eigenvalue weighted by molar-refractivity contribution is 5.87. The second-order valence-corrected chi connectivity index (χ2v) is 14.4. The average Bonchev–Trinajstić information content (AvgIpc) is 3.28. The average molecular weight is 487 g/mol. The first-order valence-corrected chi connectivity index (χ1v) is 13.9.